The van der Waals surface area contributed by atoms with Crippen LogP contribution in [0.1, 0.15) is 66.8 Å². The molecule has 0 unspecified atom stereocenters. The number of pyridine rings is 1. The molecule has 18 heavy (non-hydrogen) atoms. The fourth-order valence-electron chi connectivity index (χ4n) is 1.74. The van der Waals surface area contributed by atoms with Gasteiger partial charge in [0.15, 0.2) is 0 Å². The molecule has 0 bridgehead atoms. The summed E-state index contributed by atoms with van der Waals surface area (Å²) in [5.74, 6) is 1.17. The van der Waals surface area contributed by atoms with Gasteiger partial charge in [-0.05, 0) is 24.0 Å². The summed E-state index contributed by atoms with van der Waals surface area (Å²) in [6, 6.07) is 6.49. The Hall–Kier alpha value is -0.850. The third-order valence-corrected chi connectivity index (χ3v) is 4.96. The van der Waals surface area contributed by atoms with Crippen molar-refractivity contribution in [3.8, 4) is 0 Å². The summed E-state index contributed by atoms with van der Waals surface area (Å²) >= 11 is 0. The predicted octanol–water partition coefficient (Wildman–Crippen LogP) is 4.95. The lowest BCUT2D eigenvalue weighted by Crippen LogP contribution is -2.30. The van der Waals surface area contributed by atoms with Gasteiger partial charge in [-0.25, -0.2) is 0 Å². The Morgan fingerprint density at radius 1 is 0.778 bits per heavy atom. The Morgan fingerprint density at radius 3 is 1.39 bits per heavy atom. The van der Waals surface area contributed by atoms with E-state index in [1.54, 1.807) is 0 Å². The lowest BCUT2D eigenvalue weighted by Gasteiger charge is -2.33. The second-order valence-corrected chi connectivity index (χ2v) is 7.16. The van der Waals surface area contributed by atoms with Crippen LogP contribution in [0.3, 0.4) is 0 Å². The van der Waals surface area contributed by atoms with E-state index in [4.69, 9.17) is 4.98 Å². The molecule has 0 fully saturated rings. The van der Waals surface area contributed by atoms with Crippen LogP contribution < -0.4 is 0 Å². The van der Waals surface area contributed by atoms with Gasteiger partial charge in [0.1, 0.15) is 0 Å². The van der Waals surface area contributed by atoms with Crippen LogP contribution in [0.2, 0.25) is 0 Å². The average molecular weight is 247 g/mol. The van der Waals surface area contributed by atoms with E-state index in [0.717, 1.165) is 0 Å². The molecule has 1 heteroatoms. The van der Waals surface area contributed by atoms with Crippen molar-refractivity contribution in [2.45, 2.75) is 66.2 Å². The Kier molecular flexibility index (Phi) is 4.25. The molecular formula is C17H29N. The largest absolute Gasteiger partial charge is 0.257 e. The maximum Gasteiger partial charge on any atom is 0.0465 e. The lowest BCUT2D eigenvalue weighted by atomic mass is 9.75. The van der Waals surface area contributed by atoms with E-state index in [9.17, 15) is 0 Å². The first-order chi connectivity index (χ1) is 8.10. The molecule has 0 saturated heterocycles. The summed E-state index contributed by atoms with van der Waals surface area (Å²) in [7, 11) is 0. The first kappa shape index (κ1) is 15.2. The number of hydrogen-bond donors (Lipinski definition) is 0. The van der Waals surface area contributed by atoms with Gasteiger partial charge >= 0.3 is 0 Å². The summed E-state index contributed by atoms with van der Waals surface area (Å²) in [6.07, 6.45) is 0. The molecule has 1 aromatic heterocycles. The molecule has 0 N–H and O–H groups in total. The molecule has 0 aromatic carbocycles. The molecule has 1 aromatic rings. The van der Waals surface area contributed by atoms with Gasteiger partial charge in [0.05, 0.1) is 0 Å². The maximum atomic E-state index is 4.96. The van der Waals surface area contributed by atoms with E-state index in [1.165, 1.54) is 11.4 Å². The monoisotopic (exact) mass is 247 g/mol. The lowest BCUT2D eigenvalue weighted by molar-refractivity contribution is 0.341. The average Bonchev–Trinajstić information content (AvgIpc) is 2.28. The van der Waals surface area contributed by atoms with Crippen LogP contribution in [0.25, 0.3) is 0 Å². The molecular weight excluding hydrogens is 218 g/mol. The van der Waals surface area contributed by atoms with Crippen molar-refractivity contribution in [3.05, 3.63) is 29.6 Å². The van der Waals surface area contributed by atoms with Gasteiger partial charge in [-0.1, -0.05) is 61.5 Å². The highest BCUT2D eigenvalue weighted by atomic mass is 14.8. The van der Waals surface area contributed by atoms with Crippen molar-refractivity contribution >= 4 is 0 Å². The zero-order valence-corrected chi connectivity index (χ0v) is 13.3. The van der Waals surface area contributed by atoms with Crippen molar-refractivity contribution in [1.29, 1.82) is 0 Å². The molecule has 0 spiro atoms. The van der Waals surface area contributed by atoms with E-state index in [1.807, 2.05) is 0 Å². The van der Waals surface area contributed by atoms with Gasteiger partial charge in [-0.3, -0.25) is 4.98 Å². The molecule has 1 heterocycles. The minimum absolute atomic E-state index is 0.128. The highest BCUT2D eigenvalue weighted by Crippen LogP contribution is 2.34. The van der Waals surface area contributed by atoms with E-state index >= 15 is 0 Å². The quantitative estimate of drug-likeness (QED) is 0.733. The topological polar surface area (TPSA) is 12.9 Å². The molecule has 0 saturated carbocycles. The highest BCUT2D eigenvalue weighted by molar-refractivity contribution is 5.23. The van der Waals surface area contributed by atoms with Gasteiger partial charge in [0.2, 0.25) is 0 Å². The van der Waals surface area contributed by atoms with Crippen LogP contribution in [0.4, 0.5) is 0 Å². The summed E-state index contributed by atoms with van der Waals surface area (Å²) < 4.78 is 0. The number of rotatable bonds is 4. The third-order valence-electron chi connectivity index (χ3n) is 4.96. The van der Waals surface area contributed by atoms with Gasteiger partial charge in [0, 0.05) is 22.2 Å². The number of aromatic nitrogens is 1. The Labute approximate surface area is 113 Å². The standard InChI is InChI=1S/C17H29N/c1-12(2)16(5,6)14-10-9-11-15(18-14)17(7,8)13(3)4/h9-13H,1-8H3. The third kappa shape index (κ3) is 2.76. The Morgan fingerprint density at radius 2 is 1.11 bits per heavy atom. The summed E-state index contributed by atoms with van der Waals surface area (Å²) in [6.45, 7) is 18.2. The number of nitrogens with zero attached hydrogens (tertiary/aromatic N) is 1. The van der Waals surface area contributed by atoms with E-state index in [-0.39, 0.29) is 10.8 Å². The fourth-order valence-corrected chi connectivity index (χ4v) is 1.74. The summed E-state index contributed by atoms with van der Waals surface area (Å²) in [4.78, 5) is 4.96. The van der Waals surface area contributed by atoms with Crippen molar-refractivity contribution < 1.29 is 0 Å². The smallest absolute Gasteiger partial charge is 0.0465 e. The van der Waals surface area contributed by atoms with Crippen LogP contribution in [0.15, 0.2) is 18.2 Å². The zero-order valence-electron chi connectivity index (χ0n) is 13.3. The Bertz CT molecular complexity index is 365. The second-order valence-electron chi connectivity index (χ2n) is 7.16. The van der Waals surface area contributed by atoms with Crippen LogP contribution in [-0.2, 0) is 10.8 Å². The van der Waals surface area contributed by atoms with Crippen LogP contribution >= 0.6 is 0 Å². The predicted molar refractivity (Wildman–Crippen MR) is 80.0 cm³/mol. The number of hydrogen-bond acceptors (Lipinski definition) is 1. The minimum Gasteiger partial charge on any atom is -0.257 e. The zero-order chi connectivity index (χ0) is 14.1. The maximum absolute atomic E-state index is 4.96. The highest BCUT2D eigenvalue weighted by Gasteiger charge is 2.30. The van der Waals surface area contributed by atoms with E-state index in [0.29, 0.717) is 11.8 Å². The molecule has 102 valence electrons. The van der Waals surface area contributed by atoms with Crippen molar-refractivity contribution in [2.24, 2.45) is 11.8 Å². The van der Waals surface area contributed by atoms with Crippen LogP contribution in [0, 0.1) is 11.8 Å². The molecule has 1 nitrogen and oxygen atoms in total. The second kappa shape index (κ2) is 5.03. The van der Waals surface area contributed by atoms with Crippen molar-refractivity contribution in [3.63, 3.8) is 0 Å². The summed E-state index contributed by atoms with van der Waals surface area (Å²) in [5, 5.41) is 0. The normalized spacial score (nSPS) is 13.4. The van der Waals surface area contributed by atoms with E-state index in [2.05, 4.69) is 73.6 Å². The molecule has 0 amide bonds. The van der Waals surface area contributed by atoms with Crippen LogP contribution in [-0.4, -0.2) is 4.98 Å². The molecule has 0 aliphatic heterocycles. The van der Waals surface area contributed by atoms with Gasteiger partial charge in [0.25, 0.3) is 0 Å². The van der Waals surface area contributed by atoms with E-state index < -0.39 is 0 Å². The fraction of sp³-hybridized carbons (Fsp3) is 0.706. The van der Waals surface area contributed by atoms with Crippen LogP contribution in [0.5, 0.6) is 0 Å². The van der Waals surface area contributed by atoms with Gasteiger partial charge < -0.3 is 0 Å². The molecule has 0 radical (unpaired) electrons. The molecule has 0 atom stereocenters. The summed E-state index contributed by atoms with van der Waals surface area (Å²) in [5.41, 5.74) is 2.68. The Balaban J connectivity index is 3.23. The van der Waals surface area contributed by atoms with Gasteiger partial charge in [-0.2, -0.15) is 0 Å². The first-order valence-electron chi connectivity index (χ1n) is 7.08. The molecule has 0 aliphatic rings. The minimum atomic E-state index is 0.128. The SMILES string of the molecule is CC(C)C(C)(C)c1cccc(C(C)(C)C(C)C)n1. The molecule has 1 rings (SSSR count). The molecule has 0 aliphatic carbocycles. The van der Waals surface area contributed by atoms with Crippen molar-refractivity contribution in [2.75, 3.05) is 0 Å². The van der Waals surface area contributed by atoms with Gasteiger partial charge in [-0.15, -0.1) is 0 Å². The first-order valence-corrected chi connectivity index (χ1v) is 7.08. The van der Waals surface area contributed by atoms with Crippen molar-refractivity contribution in [1.82, 2.24) is 4.98 Å².